The number of methoxy groups -OCH3 is 1. The summed E-state index contributed by atoms with van der Waals surface area (Å²) in [4.78, 5) is 16.7. The first kappa shape index (κ1) is 19.2. The smallest absolute Gasteiger partial charge is 0.317 e. The van der Waals surface area contributed by atoms with Gasteiger partial charge in [-0.05, 0) is 30.5 Å². The number of piperazine rings is 1. The molecule has 144 valence electrons. The second-order valence-corrected chi connectivity index (χ2v) is 7.04. The number of ether oxygens (including phenoxy) is 1. The Balaban J connectivity index is 1.41. The molecule has 0 spiro atoms. The highest BCUT2D eigenvalue weighted by Gasteiger charge is 2.20. The first-order chi connectivity index (χ1) is 13.2. The first-order valence-electron chi connectivity index (χ1n) is 9.58. The van der Waals surface area contributed by atoms with Crippen LogP contribution in [-0.2, 0) is 13.0 Å². The van der Waals surface area contributed by atoms with Crippen molar-refractivity contribution >= 4 is 6.03 Å². The van der Waals surface area contributed by atoms with Gasteiger partial charge in [0.15, 0.2) is 0 Å². The lowest BCUT2D eigenvalue weighted by Gasteiger charge is -2.34. The van der Waals surface area contributed by atoms with Crippen LogP contribution in [0.3, 0.4) is 0 Å². The predicted molar refractivity (Wildman–Crippen MR) is 108 cm³/mol. The largest absolute Gasteiger partial charge is 0.496 e. The fourth-order valence-electron chi connectivity index (χ4n) is 3.47. The Morgan fingerprint density at radius 3 is 2.59 bits per heavy atom. The fraction of sp³-hybridized carbons (Fsp3) is 0.409. The molecule has 5 heteroatoms. The summed E-state index contributed by atoms with van der Waals surface area (Å²) in [5, 5.41) is 3.04. The molecule has 1 N–H and O–H groups in total. The number of carbonyl (C=O) groups excluding carboxylic acids is 1. The SMILES string of the molecule is COc1ccccc1CCN1CCN(C(=O)NCc2cccc(C)c2)CC1. The van der Waals surface area contributed by atoms with Crippen molar-refractivity contribution in [2.24, 2.45) is 0 Å². The van der Waals surface area contributed by atoms with Gasteiger partial charge in [0.25, 0.3) is 0 Å². The average molecular weight is 367 g/mol. The molecule has 5 nitrogen and oxygen atoms in total. The van der Waals surface area contributed by atoms with Crippen LogP contribution in [0.25, 0.3) is 0 Å². The van der Waals surface area contributed by atoms with Crippen molar-refractivity contribution < 1.29 is 9.53 Å². The molecule has 2 aromatic rings. The van der Waals surface area contributed by atoms with Crippen LogP contribution < -0.4 is 10.1 Å². The second-order valence-electron chi connectivity index (χ2n) is 7.04. The number of hydrogen-bond donors (Lipinski definition) is 1. The fourth-order valence-corrected chi connectivity index (χ4v) is 3.47. The Kier molecular flexibility index (Phi) is 6.71. The maximum Gasteiger partial charge on any atom is 0.317 e. The monoisotopic (exact) mass is 367 g/mol. The minimum absolute atomic E-state index is 0.0286. The molecule has 0 atom stereocenters. The molecule has 3 rings (SSSR count). The summed E-state index contributed by atoms with van der Waals surface area (Å²) >= 11 is 0. The first-order valence-corrected chi connectivity index (χ1v) is 9.58. The Morgan fingerprint density at radius 2 is 1.85 bits per heavy atom. The molecule has 1 heterocycles. The summed E-state index contributed by atoms with van der Waals surface area (Å²) in [5.41, 5.74) is 3.59. The number of aryl methyl sites for hydroxylation is 1. The molecule has 2 amide bonds. The van der Waals surface area contributed by atoms with E-state index in [-0.39, 0.29) is 6.03 Å². The minimum atomic E-state index is 0.0286. The van der Waals surface area contributed by atoms with Crippen molar-refractivity contribution in [3.63, 3.8) is 0 Å². The Bertz CT molecular complexity index is 755. The Labute approximate surface area is 161 Å². The maximum absolute atomic E-state index is 12.4. The Hall–Kier alpha value is -2.53. The van der Waals surface area contributed by atoms with Crippen LogP contribution in [-0.4, -0.2) is 55.7 Å². The van der Waals surface area contributed by atoms with E-state index in [1.807, 2.05) is 35.2 Å². The van der Waals surface area contributed by atoms with Crippen LogP contribution in [0.1, 0.15) is 16.7 Å². The van der Waals surface area contributed by atoms with Crippen molar-refractivity contribution in [3.05, 3.63) is 65.2 Å². The van der Waals surface area contributed by atoms with E-state index in [0.29, 0.717) is 6.54 Å². The van der Waals surface area contributed by atoms with Crippen molar-refractivity contribution in [1.29, 1.82) is 0 Å². The van der Waals surface area contributed by atoms with Gasteiger partial charge in [-0.25, -0.2) is 4.79 Å². The topological polar surface area (TPSA) is 44.8 Å². The number of nitrogens with zero attached hydrogens (tertiary/aromatic N) is 2. The van der Waals surface area contributed by atoms with Gasteiger partial charge in [0.05, 0.1) is 7.11 Å². The lowest BCUT2D eigenvalue weighted by atomic mass is 10.1. The van der Waals surface area contributed by atoms with Gasteiger partial charge in [0, 0.05) is 39.3 Å². The van der Waals surface area contributed by atoms with E-state index >= 15 is 0 Å². The lowest BCUT2D eigenvalue weighted by molar-refractivity contribution is 0.139. The molecule has 0 aliphatic carbocycles. The van der Waals surface area contributed by atoms with E-state index in [9.17, 15) is 4.79 Å². The quantitative estimate of drug-likeness (QED) is 0.853. The molecule has 27 heavy (non-hydrogen) atoms. The molecule has 0 bridgehead atoms. The van der Waals surface area contributed by atoms with Crippen LogP contribution in [0, 0.1) is 6.92 Å². The number of benzene rings is 2. The molecule has 0 unspecified atom stereocenters. The number of amides is 2. The third kappa shape index (κ3) is 5.47. The van der Waals surface area contributed by atoms with Gasteiger partial charge in [0.1, 0.15) is 5.75 Å². The van der Waals surface area contributed by atoms with E-state index in [1.165, 1.54) is 11.1 Å². The van der Waals surface area contributed by atoms with Gasteiger partial charge in [-0.1, -0.05) is 48.0 Å². The van der Waals surface area contributed by atoms with Crippen molar-refractivity contribution in [3.8, 4) is 5.75 Å². The molecule has 0 radical (unpaired) electrons. The molecule has 1 aliphatic heterocycles. The molecule has 0 saturated carbocycles. The van der Waals surface area contributed by atoms with E-state index in [0.717, 1.165) is 50.5 Å². The third-order valence-electron chi connectivity index (χ3n) is 5.08. The molecular weight excluding hydrogens is 338 g/mol. The number of nitrogens with one attached hydrogen (secondary N) is 1. The van der Waals surface area contributed by atoms with Gasteiger partial charge in [-0.3, -0.25) is 4.90 Å². The number of hydrogen-bond acceptors (Lipinski definition) is 3. The molecule has 0 aromatic heterocycles. The second kappa shape index (κ2) is 9.42. The maximum atomic E-state index is 12.4. The number of carbonyl (C=O) groups is 1. The van der Waals surface area contributed by atoms with E-state index in [2.05, 4.69) is 35.3 Å². The van der Waals surface area contributed by atoms with Gasteiger partial charge < -0.3 is 15.0 Å². The summed E-state index contributed by atoms with van der Waals surface area (Å²) in [6, 6.07) is 16.4. The standard InChI is InChI=1S/C22H29N3O2/c1-18-6-5-7-19(16-18)17-23-22(26)25-14-12-24(13-15-25)11-10-20-8-3-4-9-21(20)27-2/h3-9,16H,10-15,17H2,1-2H3,(H,23,26). The zero-order chi connectivity index (χ0) is 19.1. The van der Waals surface area contributed by atoms with E-state index in [4.69, 9.17) is 4.74 Å². The van der Waals surface area contributed by atoms with Gasteiger partial charge >= 0.3 is 6.03 Å². The summed E-state index contributed by atoms with van der Waals surface area (Å²) in [5.74, 6) is 0.951. The Morgan fingerprint density at radius 1 is 1.07 bits per heavy atom. The highest BCUT2D eigenvalue weighted by atomic mass is 16.5. The molecule has 2 aromatic carbocycles. The number of rotatable bonds is 6. The zero-order valence-corrected chi connectivity index (χ0v) is 16.3. The highest BCUT2D eigenvalue weighted by Crippen LogP contribution is 2.18. The normalized spacial score (nSPS) is 14.8. The van der Waals surface area contributed by atoms with Crippen LogP contribution in [0.15, 0.2) is 48.5 Å². The summed E-state index contributed by atoms with van der Waals surface area (Å²) in [7, 11) is 1.72. The summed E-state index contributed by atoms with van der Waals surface area (Å²) in [6.45, 7) is 6.99. The van der Waals surface area contributed by atoms with Gasteiger partial charge in [-0.15, -0.1) is 0 Å². The van der Waals surface area contributed by atoms with E-state index in [1.54, 1.807) is 7.11 Å². The van der Waals surface area contributed by atoms with Crippen LogP contribution in [0.2, 0.25) is 0 Å². The minimum Gasteiger partial charge on any atom is -0.496 e. The highest BCUT2D eigenvalue weighted by molar-refractivity contribution is 5.74. The molecular formula is C22H29N3O2. The number of urea groups is 1. The summed E-state index contributed by atoms with van der Waals surface area (Å²) in [6.07, 6.45) is 0.962. The van der Waals surface area contributed by atoms with Gasteiger partial charge in [0.2, 0.25) is 0 Å². The predicted octanol–water partition coefficient (Wildman–Crippen LogP) is 3.07. The van der Waals surface area contributed by atoms with E-state index < -0.39 is 0 Å². The molecule has 1 fully saturated rings. The average Bonchev–Trinajstić information content (AvgIpc) is 2.71. The van der Waals surface area contributed by atoms with Crippen LogP contribution in [0.5, 0.6) is 5.75 Å². The third-order valence-corrected chi connectivity index (χ3v) is 5.08. The van der Waals surface area contributed by atoms with Crippen molar-refractivity contribution in [2.75, 3.05) is 39.8 Å². The zero-order valence-electron chi connectivity index (χ0n) is 16.3. The van der Waals surface area contributed by atoms with Gasteiger partial charge in [-0.2, -0.15) is 0 Å². The van der Waals surface area contributed by atoms with Crippen molar-refractivity contribution in [2.45, 2.75) is 19.9 Å². The van der Waals surface area contributed by atoms with Crippen LogP contribution >= 0.6 is 0 Å². The number of para-hydroxylation sites is 1. The van der Waals surface area contributed by atoms with Crippen molar-refractivity contribution in [1.82, 2.24) is 15.1 Å². The molecule has 1 saturated heterocycles. The molecule has 1 aliphatic rings. The lowest BCUT2D eigenvalue weighted by Crippen LogP contribution is -2.51. The van der Waals surface area contributed by atoms with Crippen LogP contribution in [0.4, 0.5) is 4.79 Å². The summed E-state index contributed by atoms with van der Waals surface area (Å²) < 4.78 is 5.42.